The van der Waals surface area contributed by atoms with Gasteiger partial charge in [0.25, 0.3) is 0 Å². The van der Waals surface area contributed by atoms with Crippen molar-refractivity contribution in [2.75, 3.05) is 20.2 Å². The Morgan fingerprint density at radius 1 is 1.45 bits per heavy atom. The van der Waals surface area contributed by atoms with Crippen molar-refractivity contribution in [1.82, 2.24) is 14.7 Å². The maximum atomic E-state index is 12.6. The van der Waals surface area contributed by atoms with E-state index in [2.05, 4.69) is 10.00 Å². The molecule has 5 nitrogen and oxygen atoms in total. The number of methoxy groups -OCH3 is 1. The molecule has 2 fully saturated rings. The Morgan fingerprint density at radius 2 is 2.27 bits per heavy atom. The first kappa shape index (κ1) is 15.5. The molecule has 1 saturated heterocycles. The van der Waals surface area contributed by atoms with E-state index in [1.165, 1.54) is 19.3 Å². The summed E-state index contributed by atoms with van der Waals surface area (Å²) in [5, 5.41) is 4.16. The molecule has 1 spiro atoms. The predicted octanol–water partition coefficient (Wildman–Crippen LogP) is 2.16. The number of carbonyl (C=O) groups excluding carboxylic acids is 1. The Morgan fingerprint density at radius 3 is 3.00 bits per heavy atom. The van der Waals surface area contributed by atoms with E-state index in [-0.39, 0.29) is 11.3 Å². The van der Waals surface area contributed by atoms with Crippen molar-refractivity contribution in [2.24, 2.45) is 12.5 Å². The van der Waals surface area contributed by atoms with Crippen molar-refractivity contribution in [3.05, 3.63) is 18.0 Å². The van der Waals surface area contributed by atoms with E-state index in [1.54, 1.807) is 6.20 Å². The van der Waals surface area contributed by atoms with Crippen molar-refractivity contribution >= 4 is 5.91 Å². The second-order valence-corrected chi connectivity index (χ2v) is 6.84. The van der Waals surface area contributed by atoms with Gasteiger partial charge in [0, 0.05) is 51.0 Å². The fourth-order valence-electron chi connectivity index (χ4n) is 4.35. The summed E-state index contributed by atoms with van der Waals surface area (Å²) in [6.07, 6.45) is 9.37. The average molecular weight is 305 g/mol. The number of aromatic nitrogens is 2. The average Bonchev–Trinajstić information content (AvgIpc) is 3.11. The molecule has 1 aliphatic carbocycles. The van der Waals surface area contributed by atoms with Gasteiger partial charge in [-0.25, -0.2) is 0 Å². The molecule has 0 N–H and O–H groups in total. The molecular weight excluding hydrogens is 278 g/mol. The molecule has 0 radical (unpaired) electrons. The van der Waals surface area contributed by atoms with Gasteiger partial charge >= 0.3 is 0 Å². The summed E-state index contributed by atoms with van der Waals surface area (Å²) in [6.45, 7) is 1.79. The molecular formula is C17H27N3O2. The number of hydrogen-bond acceptors (Lipinski definition) is 3. The SMILES string of the molecule is CO[C@@H]1CCC[C@]12CCCN(C(=O)CCc1ccnn1C)C2. The summed E-state index contributed by atoms with van der Waals surface area (Å²) < 4.78 is 7.57. The number of hydrogen-bond donors (Lipinski definition) is 0. The van der Waals surface area contributed by atoms with Crippen LogP contribution in [0.5, 0.6) is 0 Å². The number of ether oxygens (including phenoxy) is 1. The smallest absolute Gasteiger partial charge is 0.222 e. The van der Waals surface area contributed by atoms with E-state index in [9.17, 15) is 4.79 Å². The molecule has 3 rings (SSSR count). The third kappa shape index (κ3) is 2.91. The normalized spacial score (nSPS) is 28.5. The number of likely N-dealkylation sites (tertiary alicyclic amines) is 1. The summed E-state index contributed by atoms with van der Waals surface area (Å²) in [4.78, 5) is 14.7. The summed E-state index contributed by atoms with van der Waals surface area (Å²) in [5.41, 5.74) is 1.34. The zero-order valence-electron chi connectivity index (χ0n) is 13.8. The largest absolute Gasteiger partial charge is 0.381 e. The maximum Gasteiger partial charge on any atom is 0.222 e. The number of rotatable bonds is 4. The summed E-state index contributed by atoms with van der Waals surface area (Å²) >= 11 is 0. The van der Waals surface area contributed by atoms with Gasteiger partial charge in [-0.05, 0) is 38.2 Å². The molecule has 0 unspecified atom stereocenters. The van der Waals surface area contributed by atoms with Gasteiger partial charge in [-0.2, -0.15) is 5.10 Å². The van der Waals surface area contributed by atoms with E-state index in [1.807, 2.05) is 24.9 Å². The fourth-order valence-corrected chi connectivity index (χ4v) is 4.35. The molecule has 5 heteroatoms. The maximum absolute atomic E-state index is 12.6. The van der Waals surface area contributed by atoms with Gasteiger partial charge in [-0.1, -0.05) is 6.42 Å². The van der Waals surface area contributed by atoms with Gasteiger partial charge in [0.2, 0.25) is 5.91 Å². The second-order valence-electron chi connectivity index (χ2n) is 6.84. The van der Waals surface area contributed by atoms with Crippen LogP contribution < -0.4 is 0 Å². The molecule has 0 bridgehead atoms. The highest BCUT2D eigenvalue weighted by molar-refractivity contribution is 5.76. The van der Waals surface area contributed by atoms with Gasteiger partial charge in [-0.3, -0.25) is 9.48 Å². The highest BCUT2D eigenvalue weighted by Crippen LogP contribution is 2.46. The van der Waals surface area contributed by atoms with Crippen molar-refractivity contribution < 1.29 is 9.53 Å². The fraction of sp³-hybridized carbons (Fsp3) is 0.765. The Balaban J connectivity index is 1.59. The lowest BCUT2D eigenvalue weighted by molar-refractivity contribution is -0.137. The Labute approximate surface area is 132 Å². The van der Waals surface area contributed by atoms with Crippen LogP contribution in [0.2, 0.25) is 0 Å². The standard InChI is InChI=1S/C17H27N3O2/c1-19-14(8-11-18-19)6-7-16(21)20-12-4-10-17(13-20)9-3-5-15(17)22-2/h8,11,15H,3-7,9-10,12-13H2,1-2H3/t15-,17-/m1/s1. The van der Waals surface area contributed by atoms with Gasteiger partial charge in [0.1, 0.15) is 0 Å². The summed E-state index contributed by atoms with van der Waals surface area (Å²) in [6, 6.07) is 1.99. The first-order valence-electron chi connectivity index (χ1n) is 8.42. The molecule has 1 aromatic heterocycles. The highest BCUT2D eigenvalue weighted by Gasteiger charge is 2.46. The summed E-state index contributed by atoms with van der Waals surface area (Å²) in [5.74, 6) is 0.280. The van der Waals surface area contributed by atoms with E-state index in [0.717, 1.165) is 38.0 Å². The number of piperidine rings is 1. The van der Waals surface area contributed by atoms with E-state index in [4.69, 9.17) is 4.74 Å². The Kier molecular flexibility index (Phi) is 4.52. The van der Waals surface area contributed by atoms with Crippen LogP contribution in [0.25, 0.3) is 0 Å². The minimum Gasteiger partial charge on any atom is -0.381 e. The quantitative estimate of drug-likeness (QED) is 0.856. The molecule has 1 aromatic rings. The third-order valence-corrected chi connectivity index (χ3v) is 5.59. The van der Waals surface area contributed by atoms with Gasteiger partial charge in [-0.15, -0.1) is 0 Å². The topological polar surface area (TPSA) is 47.4 Å². The third-order valence-electron chi connectivity index (χ3n) is 5.59. The van der Waals surface area contributed by atoms with Crippen LogP contribution in [0.4, 0.5) is 0 Å². The molecule has 122 valence electrons. The van der Waals surface area contributed by atoms with Crippen molar-refractivity contribution in [3.63, 3.8) is 0 Å². The predicted molar refractivity (Wildman–Crippen MR) is 84.4 cm³/mol. The molecule has 0 aromatic carbocycles. The first-order chi connectivity index (χ1) is 10.6. The van der Waals surface area contributed by atoms with Gasteiger partial charge in [0.15, 0.2) is 0 Å². The number of amides is 1. The van der Waals surface area contributed by atoms with Crippen LogP contribution in [0, 0.1) is 5.41 Å². The van der Waals surface area contributed by atoms with E-state index >= 15 is 0 Å². The zero-order valence-corrected chi connectivity index (χ0v) is 13.8. The second kappa shape index (κ2) is 6.41. The van der Waals surface area contributed by atoms with Crippen LogP contribution in [0.1, 0.15) is 44.2 Å². The Hall–Kier alpha value is -1.36. The minimum atomic E-state index is 0.217. The Bertz CT molecular complexity index is 528. The molecule has 22 heavy (non-hydrogen) atoms. The van der Waals surface area contributed by atoms with Crippen LogP contribution in [-0.4, -0.2) is 46.9 Å². The number of nitrogens with zero attached hydrogens (tertiary/aromatic N) is 3. The van der Waals surface area contributed by atoms with Crippen LogP contribution in [0.15, 0.2) is 12.3 Å². The molecule has 2 heterocycles. The van der Waals surface area contributed by atoms with E-state index in [0.29, 0.717) is 12.5 Å². The lowest BCUT2D eigenvalue weighted by atomic mass is 9.76. The number of aryl methyl sites for hydroxylation is 2. The lowest BCUT2D eigenvalue weighted by Crippen LogP contribution is -2.49. The van der Waals surface area contributed by atoms with Crippen molar-refractivity contribution in [1.29, 1.82) is 0 Å². The van der Waals surface area contributed by atoms with Crippen LogP contribution in [-0.2, 0) is 23.0 Å². The monoisotopic (exact) mass is 305 g/mol. The zero-order chi connectivity index (χ0) is 15.6. The first-order valence-corrected chi connectivity index (χ1v) is 8.42. The minimum absolute atomic E-state index is 0.217. The highest BCUT2D eigenvalue weighted by atomic mass is 16.5. The van der Waals surface area contributed by atoms with Crippen LogP contribution >= 0.6 is 0 Å². The molecule has 2 atom stereocenters. The van der Waals surface area contributed by atoms with Gasteiger partial charge < -0.3 is 9.64 Å². The van der Waals surface area contributed by atoms with Crippen LogP contribution in [0.3, 0.4) is 0 Å². The molecule has 1 saturated carbocycles. The lowest BCUT2D eigenvalue weighted by Gasteiger charge is -2.43. The number of carbonyl (C=O) groups is 1. The van der Waals surface area contributed by atoms with E-state index < -0.39 is 0 Å². The molecule has 1 aliphatic heterocycles. The molecule has 1 amide bonds. The summed E-state index contributed by atoms with van der Waals surface area (Å²) in [7, 11) is 3.75. The molecule has 2 aliphatic rings. The van der Waals surface area contributed by atoms with Crippen molar-refractivity contribution in [3.8, 4) is 0 Å². The van der Waals surface area contributed by atoms with Gasteiger partial charge in [0.05, 0.1) is 6.10 Å². The van der Waals surface area contributed by atoms with Crippen molar-refractivity contribution in [2.45, 2.75) is 51.0 Å².